The fourth-order valence-electron chi connectivity index (χ4n) is 3.06. The molecule has 0 radical (unpaired) electrons. The van der Waals surface area contributed by atoms with Gasteiger partial charge in [0.25, 0.3) is 0 Å². The molecule has 7 nitrogen and oxygen atoms in total. The second kappa shape index (κ2) is 7.03. The summed E-state index contributed by atoms with van der Waals surface area (Å²) in [6, 6.07) is 6.44. The highest BCUT2D eigenvalue weighted by molar-refractivity contribution is 6.05. The monoisotopic (exact) mass is 360 g/mol. The van der Waals surface area contributed by atoms with E-state index in [2.05, 4.69) is 0 Å². The van der Waals surface area contributed by atoms with Crippen molar-refractivity contribution < 1.29 is 34.0 Å². The number of carbonyl (C=O) groups excluding carboxylic acids is 1. The van der Waals surface area contributed by atoms with Crippen LogP contribution in [0.25, 0.3) is 0 Å². The van der Waals surface area contributed by atoms with Crippen LogP contribution >= 0.6 is 0 Å². The molecule has 2 N–H and O–H groups in total. The molecule has 0 fully saturated rings. The molecular weight excluding hydrogens is 340 g/mol. The lowest BCUT2D eigenvalue weighted by Crippen LogP contribution is -2.29. The number of hydrogen-bond donors (Lipinski definition) is 2. The number of ketones is 1. The molecular formula is C19H20O7. The molecule has 0 unspecified atom stereocenters. The number of hydrogen-bond acceptors (Lipinski definition) is 7. The molecule has 0 aromatic heterocycles. The molecule has 1 aliphatic rings. The number of carbonyl (C=O) groups is 1. The maximum atomic E-state index is 12.9. The molecule has 7 heteroatoms. The summed E-state index contributed by atoms with van der Waals surface area (Å²) in [5.41, 5.74) is 0.898. The Morgan fingerprint density at radius 3 is 2.46 bits per heavy atom. The molecule has 1 atom stereocenters. The average Bonchev–Trinajstić information content (AvgIpc) is 2.64. The molecule has 26 heavy (non-hydrogen) atoms. The van der Waals surface area contributed by atoms with Gasteiger partial charge in [-0.05, 0) is 24.1 Å². The molecule has 1 heterocycles. The first-order chi connectivity index (χ1) is 12.5. The van der Waals surface area contributed by atoms with Crippen LogP contribution in [0.15, 0.2) is 24.3 Å². The van der Waals surface area contributed by atoms with E-state index in [0.717, 1.165) is 5.56 Å². The number of phenolic OH excluding ortho intramolecular Hbond substituents is 2. The lowest BCUT2D eigenvalue weighted by atomic mass is 9.88. The fraction of sp³-hybridized carbons (Fsp3) is 0.316. The van der Waals surface area contributed by atoms with E-state index in [1.165, 1.54) is 33.5 Å². The first-order valence-electron chi connectivity index (χ1n) is 8.01. The van der Waals surface area contributed by atoms with Crippen LogP contribution in [0, 0.1) is 5.92 Å². The Kier molecular flexibility index (Phi) is 4.79. The Morgan fingerprint density at radius 2 is 1.81 bits per heavy atom. The molecule has 2 aromatic rings. The quantitative estimate of drug-likeness (QED) is 0.846. The summed E-state index contributed by atoms with van der Waals surface area (Å²) in [4.78, 5) is 12.9. The van der Waals surface area contributed by atoms with Gasteiger partial charge in [-0.15, -0.1) is 0 Å². The van der Waals surface area contributed by atoms with Gasteiger partial charge < -0.3 is 29.2 Å². The Bertz CT molecular complexity index is 844. The van der Waals surface area contributed by atoms with Crippen molar-refractivity contribution in [3.63, 3.8) is 0 Å². The molecule has 0 bridgehead atoms. The maximum Gasteiger partial charge on any atom is 0.204 e. The van der Waals surface area contributed by atoms with E-state index in [0.29, 0.717) is 17.9 Å². The molecule has 138 valence electrons. The predicted molar refractivity (Wildman–Crippen MR) is 92.9 cm³/mol. The number of methoxy groups -OCH3 is 3. The van der Waals surface area contributed by atoms with Gasteiger partial charge in [-0.25, -0.2) is 0 Å². The number of aromatic hydroxyl groups is 2. The summed E-state index contributed by atoms with van der Waals surface area (Å²) >= 11 is 0. The number of phenols is 2. The van der Waals surface area contributed by atoms with Gasteiger partial charge in [-0.3, -0.25) is 4.79 Å². The second-order valence-electron chi connectivity index (χ2n) is 5.92. The van der Waals surface area contributed by atoms with Crippen molar-refractivity contribution in [2.24, 2.45) is 5.92 Å². The number of benzene rings is 2. The fourth-order valence-corrected chi connectivity index (χ4v) is 3.06. The largest absolute Gasteiger partial charge is 0.504 e. The number of Topliss-reactive ketones (excluding diaryl/α,β-unsaturated/α-hetero) is 1. The zero-order valence-electron chi connectivity index (χ0n) is 14.7. The van der Waals surface area contributed by atoms with E-state index in [9.17, 15) is 15.0 Å². The molecule has 3 rings (SSSR count). The Balaban J connectivity index is 1.92. The number of fused-ring (bicyclic) bond motifs is 1. The standard InChI is InChI=1S/C19H20O7/c1-23-13-7-10(4-5-12(13)20)6-11-9-26-14-8-15(24-2)19(25-3)18(22)16(14)17(11)21/h4-5,7-8,11,20,22H,6,9H2,1-3H3/t11-/m0/s1. The van der Waals surface area contributed by atoms with Crippen molar-refractivity contribution in [2.45, 2.75) is 6.42 Å². The van der Waals surface area contributed by atoms with E-state index in [-0.39, 0.29) is 41.0 Å². The van der Waals surface area contributed by atoms with Gasteiger partial charge in [-0.2, -0.15) is 0 Å². The van der Waals surface area contributed by atoms with Crippen LogP contribution in [0.4, 0.5) is 0 Å². The Hall–Kier alpha value is -3.09. The molecule has 0 amide bonds. The third kappa shape index (κ3) is 2.96. The zero-order chi connectivity index (χ0) is 18.8. The third-order valence-corrected chi connectivity index (χ3v) is 4.39. The number of ether oxygens (including phenoxy) is 4. The van der Waals surface area contributed by atoms with Crippen LogP contribution in [-0.2, 0) is 6.42 Å². The van der Waals surface area contributed by atoms with Crippen LogP contribution in [0.1, 0.15) is 15.9 Å². The lowest BCUT2D eigenvalue weighted by Gasteiger charge is -2.26. The number of rotatable bonds is 5. The SMILES string of the molecule is COc1cc(C[C@H]2COc3cc(OC)c(OC)c(O)c3C2=O)ccc1O. The van der Waals surface area contributed by atoms with Gasteiger partial charge in [-0.1, -0.05) is 6.07 Å². The van der Waals surface area contributed by atoms with Crippen LogP contribution in [0.5, 0.6) is 34.5 Å². The summed E-state index contributed by atoms with van der Waals surface area (Å²) in [6.07, 6.45) is 0.378. The first-order valence-corrected chi connectivity index (χ1v) is 8.01. The lowest BCUT2D eigenvalue weighted by molar-refractivity contribution is 0.0824. The normalized spacial score (nSPS) is 15.8. The van der Waals surface area contributed by atoms with Gasteiger partial charge in [0.1, 0.15) is 11.3 Å². The maximum absolute atomic E-state index is 12.9. The summed E-state index contributed by atoms with van der Waals surface area (Å²) in [5.74, 6) is -0.000867. The summed E-state index contributed by atoms with van der Waals surface area (Å²) in [6.45, 7) is 0.171. The molecule has 0 spiro atoms. The van der Waals surface area contributed by atoms with Gasteiger partial charge in [0.05, 0.1) is 33.9 Å². The van der Waals surface area contributed by atoms with Crippen LogP contribution < -0.4 is 18.9 Å². The summed E-state index contributed by atoms with van der Waals surface area (Å²) in [7, 11) is 4.29. The van der Waals surface area contributed by atoms with E-state index in [4.69, 9.17) is 18.9 Å². The zero-order valence-corrected chi connectivity index (χ0v) is 14.7. The van der Waals surface area contributed by atoms with Crippen molar-refractivity contribution >= 4 is 5.78 Å². The molecule has 0 aliphatic carbocycles. The van der Waals surface area contributed by atoms with Gasteiger partial charge in [0.15, 0.2) is 28.8 Å². The minimum atomic E-state index is -0.485. The van der Waals surface area contributed by atoms with Gasteiger partial charge in [0, 0.05) is 6.07 Å². The van der Waals surface area contributed by atoms with Crippen LogP contribution in [0.3, 0.4) is 0 Å². The molecule has 1 aliphatic heterocycles. The third-order valence-electron chi connectivity index (χ3n) is 4.39. The highest BCUT2D eigenvalue weighted by Crippen LogP contribution is 2.47. The van der Waals surface area contributed by atoms with Crippen molar-refractivity contribution in [3.05, 3.63) is 35.4 Å². The molecule has 0 saturated carbocycles. The minimum Gasteiger partial charge on any atom is -0.504 e. The Morgan fingerprint density at radius 1 is 1.08 bits per heavy atom. The van der Waals surface area contributed by atoms with E-state index < -0.39 is 5.92 Å². The van der Waals surface area contributed by atoms with Crippen LogP contribution in [0.2, 0.25) is 0 Å². The first kappa shape index (κ1) is 17.7. The van der Waals surface area contributed by atoms with E-state index in [1.807, 2.05) is 0 Å². The summed E-state index contributed by atoms with van der Waals surface area (Å²) in [5, 5.41) is 20.2. The highest BCUT2D eigenvalue weighted by Gasteiger charge is 2.34. The second-order valence-corrected chi connectivity index (χ2v) is 5.92. The summed E-state index contributed by atoms with van der Waals surface area (Å²) < 4.78 is 21.1. The topological polar surface area (TPSA) is 94.5 Å². The minimum absolute atomic E-state index is 0.0299. The predicted octanol–water partition coefficient (Wildman–Crippen LogP) is 2.56. The Labute approximate surface area is 150 Å². The van der Waals surface area contributed by atoms with Crippen molar-refractivity contribution in [3.8, 4) is 34.5 Å². The highest BCUT2D eigenvalue weighted by atomic mass is 16.5. The van der Waals surface area contributed by atoms with Crippen LogP contribution in [-0.4, -0.2) is 43.9 Å². The van der Waals surface area contributed by atoms with Gasteiger partial charge in [0.2, 0.25) is 5.75 Å². The van der Waals surface area contributed by atoms with Gasteiger partial charge >= 0.3 is 0 Å². The average molecular weight is 360 g/mol. The van der Waals surface area contributed by atoms with Crippen molar-refractivity contribution in [1.82, 2.24) is 0 Å². The molecule has 2 aromatic carbocycles. The van der Waals surface area contributed by atoms with E-state index >= 15 is 0 Å². The van der Waals surface area contributed by atoms with Crippen molar-refractivity contribution in [2.75, 3.05) is 27.9 Å². The van der Waals surface area contributed by atoms with E-state index in [1.54, 1.807) is 12.1 Å². The molecule has 0 saturated heterocycles. The van der Waals surface area contributed by atoms with Crippen molar-refractivity contribution in [1.29, 1.82) is 0 Å². The smallest absolute Gasteiger partial charge is 0.204 e.